The van der Waals surface area contributed by atoms with Gasteiger partial charge in [-0.3, -0.25) is 4.79 Å². The van der Waals surface area contributed by atoms with Crippen LogP contribution in [0.15, 0.2) is 66.0 Å². The van der Waals surface area contributed by atoms with Crippen molar-refractivity contribution < 1.29 is 22.4 Å². The molecule has 0 aliphatic carbocycles. The van der Waals surface area contributed by atoms with Gasteiger partial charge in [-0.15, -0.1) is 0 Å². The number of hydrogen-bond donors (Lipinski definition) is 0. The molecule has 1 atom stereocenters. The summed E-state index contributed by atoms with van der Waals surface area (Å²) >= 11 is 0.955. The predicted molar refractivity (Wildman–Crippen MR) is 112 cm³/mol. The molecule has 0 radical (unpaired) electrons. The molecule has 0 N–H and O–H groups in total. The van der Waals surface area contributed by atoms with Crippen LogP contribution in [0.3, 0.4) is 0 Å². The van der Waals surface area contributed by atoms with Gasteiger partial charge < -0.3 is 9.47 Å². The lowest BCUT2D eigenvalue weighted by molar-refractivity contribution is -0.141. The maximum Gasteiger partial charge on any atom is 0.406 e. The number of thioether (sulfide) groups is 1. The van der Waals surface area contributed by atoms with Crippen LogP contribution in [0.4, 0.5) is 17.6 Å². The predicted octanol–water partition coefficient (Wildman–Crippen LogP) is 5.56. The number of imidazole rings is 1. The average Bonchev–Trinajstić information content (AvgIpc) is 3.12. The van der Waals surface area contributed by atoms with Crippen molar-refractivity contribution in [3.8, 4) is 11.3 Å². The van der Waals surface area contributed by atoms with E-state index in [1.165, 1.54) is 23.2 Å². The van der Waals surface area contributed by atoms with Crippen LogP contribution in [0.25, 0.3) is 11.3 Å². The van der Waals surface area contributed by atoms with Gasteiger partial charge >= 0.3 is 6.18 Å². The summed E-state index contributed by atoms with van der Waals surface area (Å²) < 4.78 is 53.8. The number of aromatic nitrogens is 2. The van der Waals surface area contributed by atoms with Crippen LogP contribution in [-0.2, 0) is 11.3 Å². The second kappa shape index (κ2) is 9.55. The molecule has 0 spiro atoms. The Morgan fingerprint density at radius 3 is 2.39 bits per heavy atom. The number of benzene rings is 2. The van der Waals surface area contributed by atoms with Crippen molar-refractivity contribution in [2.24, 2.45) is 0 Å². The SMILES string of the molecule is CC(c1ccc(F)cc1)N(C)C(=O)CSc1ncc(-c2ccccc2)n1CC(F)(F)F. The number of halogens is 4. The van der Waals surface area contributed by atoms with Gasteiger partial charge in [-0.2, -0.15) is 13.2 Å². The average molecular weight is 451 g/mol. The van der Waals surface area contributed by atoms with E-state index in [2.05, 4.69) is 4.98 Å². The molecule has 1 amide bonds. The molecule has 2 aromatic carbocycles. The molecular weight excluding hydrogens is 430 g/mol. The van der Waals surface area contributed by atoms with Crippen LogP contribution in [0.2, 0.25) is 0 Å². The molecule has 0 aliphatic rings. The summed E-state index contributed by atoms with van der Waals surface area (Å²) in [7, 11) is 1.61. The van der Waals surface area contributed by atoms with E-state index in [1.54, 1.807) is 56.4 Å². The smallest absolute Gasteiger partial charge is 0.338 e. The zero-order valence-corrected chi connectivity index (χ0v) is 17.8. The Hall–Kier alpha value is -2.81. The molecule has 3 rings (SSSR count). The van der Waals surface area contributed by atoms with Crippen molar-refractivity contribution >= 4 is 17.7 Å². The van der Waals surface area contributed by atoms with E-state index in [0.717, 1.165) is 21.9 Å². The Labute approximate surface area is 181 Å². The lowest BCUT2D eigenvalue weighted by Gasteiger charge is -2.25. The lowest BCUT2D eigenvalue weighted by atomic mass is 10.1. The number of rotatable bonds is 7. The molecule has 0 saturated carbocycles. The molecule has 0 bridgehead atoms. The van der Waals surface area contributed by atoms with E-state index in [1.807, 2.05) is 0 Å². The molecule has 1 unspecified atom stereocenters. The van der Waals surface area contributed by atoms with Gasteiger partial charge in [0, 0.05) is 7.05 Å². The summed E-state index contributed by atoms with van der Waals surface area (Å²) in [4.78, 5) is 18.3. The first-order valence-corrected chi connectivity index (χ1v) is 10.5. The lowest BCUT2D eigenvalue weighted by Crippen LogP contribution is -2.31. The van der Waals surface area contributed by atoms with Crippen LogP contribution in [0.1, 0.15) is 18.5 Å². The van der Waals surface area contributed by atoms with Crippen LogP contribution in [0.5, 0.6) is 0 Å². The number of carbonyl (C=O) groups is 1. The van der Waals surface area contributed by atoms with Gasteiger partial charge in [0.1, 0.15) is 12.4 Å². The topological polar surface area (TPSA) is 38.1 Å². The largest absolute Gasteiger partial charge is 0.406 e. The Kier molecular flexibility index (Phi) is 7.04. The third kappa shape index (κ3) is 5.88. The van der Waals surface area contributed by atoms with Crippen LogP contribution in [0, 0.1) is 5.82 Å². The first-order valence-electron chi connectivity index (χ1n) is 9.47. The Bertz CT molecular complexity index is 1020. The Morgan fingerprint density at radius 1 is 1.13 bits per heavy atom. The van der Waals surface area contributed by atoms with Gasteiger partial charge in [0.2, 0.25) is 5.91 Å². The van der Waals surface area contributed by atoms with Gasteiger partial charge in [0.05, 0.1) is 23.7 Å². The molecule has 3 aromatic rings. The van der Waals surface area contributed by atoms with Crippen LogP contribution < -0.4 is 0 Å². The zero-order chi connectivity index (χ0) is 22.6. The monoisotopic (exact) mass is 451 g/mol. The third-order valence-corrected chi connectivity index (χ3v) is 5.85. The van der Waals surface area contributed by atoms with Gasteiger partial charge in [0.15, 0.2) is 5.16 Å². The second-order valence-corrected chi connectivity index (χ2v) is 7.96. The van der Waals surface area contributed by atoms with Crippen LogP contribution >= 0.6 is 11.8 Å². The summed E-state index contributed by atoms with van der Waals surface area (Å²) in [5.74, 6) is -0.721. The fourth-order valence-corrected chi connectivity index (χ4v) is 3.96. The summed E-state index contributed by atoms with van der Waals surface area (Å²) in [6.07, 6.45) is -3.05. The summed E-state index contributed by atoms with van der Waals surface area (Å²) in [5.41, 5.74) is 1.70. The van der Waals surface area contributed by atoms with Crippen molar-refractivity contribution in [1.82, 2.24) is 14.5 Å². The number of alkyl halides is 3. The quantitative estimate of drug-likeness (QED) is 0.349. The van der Waals surface area contributed by atoms with Crippen molar-refractivity contribution in [3.05, 3.63) is 72.2 Å². The normalized spacial score (nSPS) is 12.6. The number of carbonyl (C=O) groups excluding carboxylic acids is 1. The minimum Gasteiger partial charge on any atom is -0.338 e. The fourth-order valence-electron chi connectivity index (χ4n) is 3.05. The van der Waals surface area contributed by atoms with Gasteiger partial charge in [-0.25, -0.2) is 9.37 Å². The molecule has 31 heavy (non-hydrogen) atoms. The first kappa shape index (κ1) is 22.9. The highest BCUT2D eigenvalue weighted by Gasteiger charge is 2.31. The maximum absolute atomic E-state index is 13.2. The molecule has 9 heteroatoms. The minimum absolute atomic E-state index is 0.0782. The highest BCUT2D eigenvalue weighted by atomic mass is 32.2. The standard InChI is InChI=1S/C22H21F4N3OS/c1-15(16-8-10-18(23)11-9-16)28(2)20(30)13-31-21-27-12-19(17-6-4-3-5-7-17)29(21)14-22(24,25)26/h3-12,15H,13-14H2,1-2H3. The summed E-state index contributed by atoms with van der Waals surface area (Å²) in [6.45, 7) is 0.601. The van der Waals surface area contributed by atoms with Crippen molar-refractivity contribution in [2.75, 3.05) is 12.8 Å². The maximum atomic E-state index is 13.2. The van der Waals surface area contributed by atoms with E-state index in [4.69, 9.17) is 0 Å². The van der Waals surface area contributed by atoms with Crippen LogP contribution in [-0.4, -0.2) is 39.3 Å². The van der Waals surface area contributed by atoms with E-state index < -0.39 is 12.7 Å². The van der Waals surface area contributed by atoms with Crippen molar-refractivity contribution in [2.45, 2.75) is 30.8 Å². The number of hydrogen-bond acceptors (Lipinski definition) is 3. The molecule has 0 aliphatic heterocycles. The van der Waals surface area contributed by atoms with Crippen molar-refractivity contribution in [3.63, 3.8) is 0 Å². The highest BCUT2D eigenvalue weighted by molar-refractivity contribution is 7.99. The van der Waals surface area contributed by atoms with Gasteiger partial charge in [-0.1, -0.05) is 54.2 Å². The fraction of sp³-hybridized carbons (Fsp3) is 0.273. The van der Waals surface area contributed by atoms with Crippen molar-refractivity contribution in [1.29, 1.82) is 0 Å². The summed E-state index contributed by atoms with van der Waals surface area (Å²) in [6, 6.07) is 14.2. The molecule has 4 nitrogen and oxygen atoms in total. The number of amides is 1. The molecule has 164 valence electrons. The molecule has 0 fully saturated rings. The first-order chi connectivity index (χ1) is 14.7. The van der Waals surface area contributed by atoms with Gasteiger partial charge in [0.25, 0.3) is 0 Å². The van der Waals surface area contributed by atoms with E-state index >= 15 is 0 Å². The van der Waals surface area contributed by atoms with E-state index in [-0.39, 0.29) is 28.7 Å². The number of nitrogens with zero attached hydrogens (tertiary/aromatic N) is 3. The zero-order valence-electron chi connectivity index (χ0n) is 16.9. The van der Waals surface area contributed by atoms with E-state index in [0.29, 0.717) is 11.3 Å². The van der Waals surface area contributed by atoms with E-state index in [9.17, 15) is 22.4 Å². The Balaban J connectivity index is 1.75. The molecular formula is C22H21F4N3OS. The second-order valence-electron chi connectivity index (χ2n) is 7.01. The van der Waals surface area contributed by atoms with Gasteiger partial charge in [-0.05, 0) is 30.2 Å². The molecule has 1 aromatic heterocycles. The summed E-state index contributed by atoms with van der Waals surface area (Å²) in [5, 5.41) is 0.118. The third-order valence-electron chi connectivity index (χ3n) is 4.88. The molecule has 0 saturated heterocycles. The highest BCUT2D eigenvalue weighted by Crippen LogP contribution is 2.30. The molecule has 1 heterocycles. The Morgan fingerprint density at radius 2 is 1.77 bits per heavy atom. The minimum atomic E-state index is -4.43.